The fourth-order valence-electron chi connectivity index (χ4n) is 1.57. The molecular weight excluding hydrogens is 280 g/mol. The average molecular weight is 295 g/mol. The Kier molecular flexibility index (Phi) is 3.38. The molecule has 4 nitrogen and oxygen atoms in total. The van der Waals surface area contributed by atoms with E-state index in [9.17, 15) is 0 Å². The molecule has 0 radical (unpaired) electrons. The quantitative estimate of drug-likeness (QED) is 0.945. The summed E-state index contributed by atoms with van der Waals surface area (Å²) >= 11 is 3.35. The van der Waals surface area contributed by atoms with Crippen LogP contribution in [-0.4, -0.2) is 23.9 Å². The van der Waals surface area contributed by atoms with Crippen molar-refractivity contribution in [2.75, 3.05) is 24.7 Å². The number of hydrogen-bond donors (Lipinski definition) is 1. The van der Waals surface area contributed by atoms with Crippen molar-refractivity contribution in [1.82, 2.24) is 9.78 Å². The van der Waals surface area contributed by atoms with Gasteiger partial charge in [-0.1, -0.05) is 12.1 Å². The number of hydrogen-bond acceptors (Lipinski definition) is 3. The van der Waals surface area contributed by atoms with Crippen molar-refractivity contribution < 1.29 is 0 Å². The SMILES string of the molecule is CN(C)c1ccc(Cn2ncc(Br)c2N)cc1. The standard InChI is InChI=1S/C12H15BrN4/c1-16(2)10-5-3-9(4-6-10)8-17-12(14)11(13)7-15-17/h3-7H,8,14H2,1-2H3. The molecule has 0 saturated heterocycles. The molecule has 17 heavy (non-hydrogen) atoms. The van der Waals surface area contributed by atoms with Crippen LogP contribution in [0.2, 0.25) is 0 Å². The number of nitrogens with zero attached hydrogens (tertiary/aromatic N) is 3. The Morgan fingerprint density at radius 3 is 2.41 bits per heavy atom. The molecule has 1 aromatic heterocycles. The maximum Gasteiger partial charge on any atom is 0.136 e. The van der Waals surface area contributed by atoms with Crippen LogP contribution in [0.1, 0.15) is 5.56 Å². The van der Waals surface area contributed by atoms with Crippen LogP contribution in [0.5, 0.6) is 0 Å². The van der Waals surface area contributed by atoms with E-state index in [-0.39, 0.29) is 0 Å². The Morgan fingerprint density at radius 2 is 1.94 bits per heavy atom. The molecule has 0 atom stereocenters. The smallest absolute Gasteiger partial charge is 0.136 e. The van der Waals surface area contributed by atoms with Crippen LogP contribution in [0.4, 0.5) is 11.5 Å². The second-order valence-electron chi connectivity index (χ2n) is 4.10. The van der Waals surface area contributed by atoms with Gasteiger partial charge < -0.3 is 10.6 Å². The van der Waals surface area contributed by atoms with Gasteiger partial charge in [-0.05, 0) is 33.6 Å². The van der Waals surface area contributed by atoms with E-state index in [0.717, 1.165) is 4.47 Å². The van der Waals surface area contributed by atoms with Crippen LogP contribution in [0.15, 0.2) is 34.9 Å². The second-order valence-corrected chi connectivity index (χ2v) is 4.95. The zero-order valence-corrected chi connectivity index (χ0v) is 11.5. The number of anilines is 2. The highest BCUT2D eigenvalue weighted by Gasteiger charge is 2.05. The minimum Gasteiger partial charge on any atom is -0.383 e. The first-order chi connectivity index (χ1) is 8.08. The average Bonchev–Trinajstić information content (AvgIpc) is 2.62. The third kappa shape index (κ3) is 2.61. The van der Waals surface area contributed by atoms with Gasteiger partial charge in [0, 0.05) is 19.8 Å². The van der Waals surface area contributed by atoms with Gasteiger partial charge in [-0.2, -0.15) is 5.10 Å². The predicted octanol–water partition coefficient (Wildman–Crippen LogP) is 2.34. The Hall–Kier alpha value is -1.49. The highest BCUT2D eigenvalue weighted by atomic mass is 79.9. The summed E-state index contributed by atoms with van der Waals surface area (Å²) in [4.78, 5) is 2.07. The van der Waals surface area contributed by atoms with Crippen molar-refractivity contribution in [3.8, 4) is 0 Å². The molecule has 1 heterocycles. The number of aromatic nitrogens is 2. The third-order valence-corrected chi connectivity index (χ3v) is 3.23. The lowest BCUT2D eigenvalue weighted by Gasteiger charge is -2.12. The van der Waals surface area contributed by atoms with Gasteiger partial charge in [0.1, 0.15) is 5.82 Å². The molecule has 0 saturated carbocycles. The molecule has 0 fully saturated rings. The van der Waals surface area contributed by atoms with Crippen molar-refractivity contribution >= 4 is 27.4 Å². The van der Waals surface area contributed by atoms with E-state index >= 15 is 0 Å². The number of rotatable bonds is 3. The van der Waals surface area contributed by atoms with Gasteiger partial charge in [0.05, 0.1) is 17.2 Å². The van der Waals surface area contributed by atoms with Crippen molar-refractivity contribution in [2.24, 2.45) is 0 Å². The van der Waals surface area contributed by atoms with Gasteiger partial charge in [-0.15, -0.1) is 0 Å². The fourth-order valence-corrected chi connectivity index (χ4v) is 1.87. The first-order valence-electron chi connectivity index (χ1n) is 5.31. The Bertz CT molecular complexity index is 502. The molecule has 0 bridgehead atoms. The van der Waals surface area contributed by atoms with Gasteiger partial charge in [-0.25, -0.2) is 4.68 Å². The summed E-state index contributed by atoms with van der Waals surface area (Å²) in [6, 6.07) is 8.35. The van der Waals surface area contributed by atoms with Crippen molar-refractivity contribution in [2.45, 2.75) is 6.54 Å². The lowest BCUT2D eigenvalue weighted by molar-refractivity contribution is 0.697. The number of nitrogens with two attached hydrogens (primary N) is 1. The Labute approximate surface area is 109 Å². The van der Waals surface area contributed by atoms with Crippen molar-refractivity contribution in [3.05, 3.63) is 40.5 Å². The molecule has 1 aromatic carbocycles. The molecule has 0 aliphatic carbocycles. The summed E-state index contributed by atoms with van der Waals surface area (Å²) in [5.74, 6) is 0.654. The van der Waals surface area contributed by atoms with Crippen molar-refractivity contribution in [3.63, 3.8) is 0 Å². The molecule has 0 unspecified atom stereocenters. The van der Waals surface area contributed by atoms with E-state index in [2.05, 4.69) is 50.2 Å². The van der Waals surface area contributed by atoms with Gasteiger partial charge in [0.15, 0.2) is 0 Å². The highest BCUT2D eigenvalue weighted by Crippen LogP contribution is 2.19. The first-order valence-corrected chi connectivity index (χ1v) is 6.10. The molecule has 2 aromatic rings. The monoisotopic (exact) mass is 294 g/mol. The zero-order chi connectivity index (χ0) is 12.4. The van der Waals surface area contributed by atoms with Gasteiger partial charge in [0.2, 0.25) is 0 Å². The minimum absolute atomic E-state index is 0.654. The molecule has 0 aliphatic heterocycles. The fraction of sp³-hybridized carbons (Fsp3) is 0.250. The lowest BCUT2D eigenvalue weighted by Crippen LogP contribution is -2.09. The second kappa shape index (κ2) is 4.79. The van der Waals surface area contributed by atoms with Gasteiger partial charge in [-0.3, -0.25) is 0 Å². The van der Waals surface area contributed by atoms with E-state index < -0.39 is 0 Å². The summed E-state index contributed by atoms with van der Waals surface area (Å²) in [7, 11) is 4.05. The summed E-state index contributed by atoms with van der Waals surface area (Å²) in [5, 5.41) is 4.20. The topological polar surface area (TPSA) is 47.1 Å². The zero-order valence-electron chi connectivity index (χ0n) is 9.89. The maximum atomic E-state index is 5.87. The number of benzene rings is 1. The maximum absolute atomic E-state index is 5.87. The largest absolute Gasteiger partial charge is 0.383 e. The third-order valence-electron chi connectivity index (χ3n) is 2.62. The molecule has 5 heteroatoms. The van der Waals surface area contributed by atoms with E-state index in [1.54, 1.807) is 10.9 Å². The van der Waals surface area contributed by atoms with Gasteiger partial charge >= 0.3 is 0 Å². The molecular formula is C12H15BrN4. The van der Waals surface area contributed by atoms with E-state index in [1.165, 1.54) is 11.3 Å². The van der Waals surface area contributed by atoms with Crippen molar-refractivity contribution in [1.29, 1.82) is 0 Å². The van der Waals surface area contributed by atoms with Crippen LogP contribution in [0, 0.1) is 0 Å². The molecule has 90 valence electrons. The predicted molar refractivity (Wildman–Crippen MR) is 74.2 cm³/mol. The first kappa shape index (κ1) is 12.0. The van der Waals surface area contributed by atoms with E-state index in [0.29, 0.717) is 12.4 Å². The van der Waals surface area contributed by atoms with Crippen LogP contribution >= 0.6 is 15.9 Å². The van der Waals surface area contributed by atoms with E-state index in [4.69, 9.17) is 5.73 Å². The molecule has 0 amide bonds. The Balaban J connectivity index is 2.17. The normalized spacial score (nSPS) is 10.5. The summed E-state index contributed by atoms with van der Waals surface area (Å²) in [5.41, 5.74) is 8.24. The highest BCUT2D eigenvalue weighted by molar-refractivity contribution is 9.10. The number of nitrogen functional groups attached to an aromatic ring is 1. The molecule has 2 rings (SSSR count). The summed E-state index contributed by atoms with van der Waals surface area (Å²) in [6.07, 6.45) is 1.71. The summed E-state index contributed by atoms with van der Waals surface area (Å²) < 4.78 is 2.61. The molecule has 0 aliphatic rings. The Morgan fingerprint density at radius 1 is 1.29 bits per heavy atom. The van der Waals surface area contributed by atoms with E-state index in [1.807, 2.05) is 14.1 Å². The van der Waals surface area contributed by atoms with Crippen LogP contribution in [0.3, 0.4) is 0 Å². The minimum atomic E-state index is 0.654. The van der Waals surface area contributed by atoms with Gasteiger partial charge in [0.25, 0.3) is 0 Å². The van der Waals surface area contributed by atoms with Crippen LogP contribution < -0.4 is 10.6 Å². The number of halogens is 1. The molecule has 0 spiro atoms. The molecule has 2 N–H and O–H groups in total. The summed E-state index contributed by atoms with van der Waals surface area (Å²) in [6.45, 7) is 0.686. The van der Waals surface area contributed by atoms with Crippen LogP contribution in [-0.2, 0) is 6.54 Å². The lowest BCUT2D eigenvalue weighted by atomic mass is 10.2. The van der Waals surface area contributed by atoms with Crippen LogP contribution in [0.25, 0.3) is 0 Å².